The van der Waals surface area contributed by atoms with E-state index in [0.29, 0.717) is 29.7 Å². The molecule has 1 aliphatic heterocycles. The number of hydrogen-bond donors (Lipinski definition) is 0. The Morgan fingerprint density at radius 1 is 1.72 bits per heavy atom. The Morgan fingerprint density at radius 3 is 2.72 bits per heavy atom. The number of nitriles is 1. The molecule has 1 aliphatic rings. The summed E-state index contributed by atoms with van der Waals surface area (Å²) in [4.78, 5) is 17.4. The molecule has 18 heavy (non-hydrogen) atoms. The normalized spacial score (nSPS) is 19.5. The van der Waals surface area contributed by atoms with Crippen molar-refractivity contribution in [3.05, 3.63) is 10.6 Å². The van der Waals surface area contributed by atoms with Gasteiger partial charge in [-0.1, -0.05) is 0 Å². The third-order valence-corrected chi connectivity index (χ3v) is 3.28. The van der Waals surface area contributed by atoms with Crippen LogP contribution in [-0.2, 0) is 9.53 Å². The highest BCUT2D eigenvalue weighted by Gasteiger charge is 2.25. The maximum absolute atomic E-state index is 11.6. The molecule has 0 saturated heterocycles. The summed E-state index contributed by atoms with van der Waals surface area (Å²) in [5, 5.41) is 9.88. The molecule has 0 aromatic heterocycles. The van der Waals surface area contributed by atoms with Gasteiger partial charge in [0.05, 0.1) is 6.04 Å². The average molecular weight is 267 g/mol. The van der Waals surface area contributed by atoms with E-state index in [1.54, 1.807) is 4.90 Å². The zero-order valence-electron chi connectivity index (χ0n) is 11.1. The van der Waals surface area contributed by atoms with Gasteiger partial charge in [0.25, 0.3) is 0 Å². The Balaban J connectivity index is 3.21. The monoisotopic (exact) mass is 267 g/mol. The Bertz CT molecular complexity index is 437. The molecule has 98 valence electrons. The zero-order chi connectivity index (χ0) is 13.7. The van der Waals surface area contributed by atoms with Gasteiger partial charge in [0, 0.05) is 13.5 Å². The molecule has 0 fully saturated rings. The number of aliphatic imine (C=N–C) groups is 1. The fourth-order valence-corrected chi connectivity index (χ4v) is 2.47. The van der Waals surface area contributed by atoms with Gasteiger partial charge in [-0.2, -0.15) is 5.26 Å². The van der Waals surface area contributed by atoms with E-state index in [4.69, 9.17) is 4.74 Å². The number of thioether (sulfide) groups is 1. The summed E-state index contributed by atoms with van der Waals surface area (Å²) in [5.74, 6) is 0.246. The van der Waals surface area contributed by atoms with Crippen LogP contribution in [0.3, 0.4) is 0 Å². The summed E-state index contributed by atoms with van der Waals surface area (Å²) < 4.78 is 5.39. The van der Waals surface area contributed by atoms with Gasteiger partial charge >= 0.3 is 0 Å². The molecular formula is C12H17N3O2S. The third-order valence-electron chi connectivity index (χ3n) is 2.47. The standard InChI is InChI=1S/C12H17N3O2S/c1-5-15(9(3)16)12(18-4)10(6-13)11-14-8(2)7-17-11/h8H,5,7H2,1-4H3/b12-10-. The number of carbonyl (C=O) groups excluding carboxylic acids is 1. The van der Waals surface area contributed by atoms with Crippen LogP contribution in [0.2, 0.25) is 0 Å². The lowest BCUT2D eigenvalue weighted by Gasteiger charge is -2.22. The van der Waals surface area contributed by atoms with Crippen molar-refractivity contribution in [2.45, 2.75) is 26.8 Å². The van der Waals surface area contributed by atoms with Crippen molar-refractivity contribution in [2.24, 2.45) is 4.99 Å². The van der Waals surface area contributed by atoms with Gasteiger partial charge in [-0.15, -0.1) is 11.8 Å². The first-order valence-electron chi connectivity index (χ1n) is 5.72. The minimum Gasteiger partial charge on any atom is -0.475 e. The van der Waals surface area contributed by atoms with Crippen molar-refractivity contribution in [2.75, 3.05) is 19.4 Å². The molecule has 0 aromatic rings. The molecule has 0 bridgehead atoms. The van der Waals surface area contributed by atoms with Crippen molar-refractivity contribution in [1.82, 2.24) is 4.90 Å². The summed E-state index contributed by atoms with van der Waals surface area (Å²) in [6.07, 6.45) is 1.83. The minimum absolute atomic E-state index is 0.0545. The predicted octanol–water partition coefficient (Wildman–Crippen LogP) is 1.77. The van der Waals surface area contributed by atoms with E-state index in [9.17, 15) is 10.1 Å². The molecule has 0 spiro atoms. The second-order valence-corrected chi connectivity index (χ2v) is 4.65. The SMILES string of the molecule is CCN(C(C)=O)/C(SC)=C(\C#N)C1=NC(C)CO1. The molecular weight excluding hydrogens is 250 g/mol. The summed E-state index contributed by atoms with van der Waals surface area (Å²) in [7, 11) is 0. The molecule has 0 aromatic carbocycles. The van der Waals surface area contributed by atoms with Crippen LogP contribution in [0.15, 0.2) is 15.6 Å². The van der Waals surface area contributed by atoms with E-state index in [1.165, 1.54) is 18.7 Å². The van der Waals surface area contributed by atoms with Gasteiger partial charge in [0.2, 0.25) is 11.8 Å². The quantitative estimate of drug-likeness (QED) is 0.728. The number of carbonyl (C=O) groups is 1. The maximum Gasteiger partial charge on any atom is 0.230 e. The third kappa shape index (κ3) is 3.05. The lowest BCUT2D eigenvalue weighted by atomic mass is 10.3. The van der Waals surface area contributed by atoms with Crippen LogP contribution in [0.5, 0.6) is 0 Å². The van der Waals surface area contributed by atoms with Crippen LogP contribution >= 0.6 is 11.8 Å². The van der Waals surface area contributed by atoms with Crippen molar-refractivity contribution >= 4 is 23.6 Å². The molecule has 0 saturated carbocycles. The highest BCUT2D eigenvalue weighted by molar-refractivity contribution is 8.02. The highest BCUT2D eigenvalue weighted by atomic mass is 32.2. The first-order chi connectivity index (χ1) is 8.54. The summed E-state index contributed by atoms with van der Waals surface area (Å²) in [5.41, 5.74) is 0.337. The second-order valence-electron chi connectivity index (χ2n) is 3.85. The molecule has 0 radical (unpaired) electrons. The largest absolute Gasteiger partial charge is 0.475 e. The first kappa shape index (κ1) is 14.6. The molecule has 1 unspecified atom stereocenters. The van der Waals surface area contributed by atoms with E-state index in [2.05, 4.69) is 11.1 Å². The van der Waals surface area contributed by atoms with Gasteiger partial charge in [-0.05, 0) is 20.1 Å². The summed E-state index contributed by atoms with van der Waals surface area (Å²) in [6.45, 7) is 6.26. The van der Waals surface area contributed by atoms with Crippen LogP contribution in [0.1, 0.15) is 20.8 Å². The number of nitrogens with zero attached hydrogens (tertiary/aromatic N) is 3. The Hall–Kier alpha value is -1.48. The lowest BCUT2D eigenvalue weighted by Crippen LogP contribution is -2.28. The topological polar surface area (TPSA) is 65.7 Å². The predicted molar refractivity (Wildman–Crippen MR) is 72.1 cm³/mol. The molecule has 1 atom stereocenters. The Labute approximate surface area is 112 Å². The van der Waals surface area contributed by atoms with E-state index in [0.717, 1.165) is 0 Å². The van der Waals surface area contributed by atoms with Crippen LogP contribution in [-0.4, -0.2) is 42.2 Å². The Morgan fingerprint density at radius 2 is 2.39 bits per heavy atom. The second kappa shape index (κ2) is 6.45. The van der Waals surface area contributed by atoms with Crippen LogP contribution in [0.25, 0.3) is 0 Å². The smallest absolute Gasteiger partial charge is 0.230 e. The zero-order valence-corrected chi connectivity index (χ0v) is 11.9. The summed E-state index contributed by atoms with van der Waals surface area (Å²) >= 11 is 1.35. The minimum atomic E-state index is -0.0961. The molecule has 6 heteroatoms. The molecule has 1 rings (SSSR count). The van der Waals surface area contributed by atoms with Crippen molar-refractivity contribution in [1.29, 1.82) is 5.26 Å². The number of rotatable bonds is 4. The molecule has 1 heterocycles. The first-order valence-corrected chi connectivity index (χ1v) is 6.95. The van der Waals surface area contributed by atoms with Gasteiger partial charge in [0.1, 0.15) is 23.3 Å². The van der Waals surface area contributed by atoms with E-state index in [-0.39, 0.29) is 11.9 Å². The van der Waals surface area contributed by atoms with Crippen LogP contribution < -0.4 is 0 Å². The van der Waals surface area contributed by atoms with Crippen molar-refractivity contribution in [3.8, 4) is 6.07 Å². The number of hydrogen-bond acceptors (Lipinski definition) is 5. The van der Waals surface area contributed by atoms with E-state index < -0.39 is 0 Å². The van der Waals surface area contributed by atoms with Crippen molar-refractivity contribution in [3.63, 3.8) is 0 Å². The average Bonchev–Trinajstić information content (AvgIpc) is 2.75. The van der Waals surface area contributed by atoms with Gasteiger partial charge in [-0.25, -0.2) is 4.99 Å². The number of amides is 1. The molecule has 0 aliphatic carbocycles. The Kier molecular flexibility index (Phi) is 5.23. The molecule has 1 amide bonds. The van der Waals surface area contributed by atoms with E-state index in [1.807, 2.05) is 20.1 Å². The van der Waals surface area contributed by atoms with Crippen LogP contribution in [0.4, 0.5) is 0 Å². The molecule has 5 nitrogen and oxygen atoms in total. The van der Waals surface area contributed by atoms with Crippen LogP contribution in [0, 0.1) is 11.3 Å². The van der Waals surface area contributed by atoms with Gasteiger partial charge < -0.3 is 9.64 Å². The molecule has 0 N–H and O–H groups in total. The van der Waals surface area contributed by atoms with Gasteiger partial charge in [-0.3, -0.25) is 4.79 Å². The highest BCUT2D eigenvalue weighted by Crippen LogP contribution is 2.24. The fourth-order valence-electron chi connectivity index (χ4n) is 1.65. The van der Waals surface area contributed by atoms with Crippen molar-refractivity contribution < 1.29 is 9.53 Å². The maximum atomic E-state index is 11.6. The lowest BCUT2D eigenvalue weighted by molar-refractivity contribution is -0.126. The number of ether oxygens (including phenoxy) is 1. The van der Waals surface area contributed by atoms with E-state index >= 15 is 0 Å². The van der Waals surface area contributed by atoms with Gasteiger partial charge in [0.15, 0.2) is 0 Å². The fraction of sp³-hybridized carbons (Fsp3) is 0.583. The summed E-state index contributed by atoms with van der Waals surface area (Å²) in [6, 6.07) is 2.15.